The second-order valence-corrected chi connectivity index (χ2v) is 9.12. The Kier molecular flexibility index (Phi) is 6.25. The maximum absolute atomic E-state index is 5.13. The third-order valence-corrected chi connectivity index (χ3v) is 6.70. The Morgan fingerprint density at radius 3 is 2.30 bits per heavy atom. The van der Waals surface area contributed by atoms with Crippen LogP contribution in [0.15, 0.2) is 91.3 Å². The minimum Gasteiger partial charge on any atom is -0.322 e. The number of hydrogen-bond donors (Lipinski definition) is 1. The van der Waals surface area contributed by atoms with E-state index in [0.29, 0.717) is 5.82 Å². The van der Waals surface area contributed by atoms with Crippen molar-refractivity contribution in [3.8, 4) is 33.6 Å². The van der Waals surface area contributed by atoms with Crippen molar-refractivity contribution in [2.24, 2.45) is 0 Å². The average molecular weight is 486 g/mol. The van der Waals surface area contributed by atoms with Crippen molar-refractivity contribution in [2.75, 3.05) is 0 Å². The Bertz CT molecular complexity index is 1620. The lowest BCUT2D eigenvalue weighted by atomic mass is 9.98. The first-order valence-electron chi connectivity index (χ1n) is 12.6. The molecule has 0 saturated heterocycles. The highest BCUT2D eigenvalue weighted by Crippen LogP contribution is 2.31. The Labute approximate surface area is 215 Å². The van der Waals surface area contributed by atoms with Crippen LogP contribution in [0.1, 0.15) is 31.2 Å². The Balaban J connectivity index is 1.36. The van der Waals surface area contributed by atoms with Crippen molar-refractivity contribution in [1.82, 2.24) is 35.2 Å². The van der Waals surface area contributed by atoms with Crippen molar-refractivity contribution in [2.45, 2.75) is 32.7 Å². The second-order valence-electron chi connectivity index (χ2n) is 9.12. The molecule has 0 fully saturated rings. The Hall–Kier alpha value is -4.65. The predicted molar refractivity (Wildman–Crippen MR) is 146 cm³/mol. The lowest BCUT2D eigenvalue weighted by Gasteiger charge is -2.11. The van der Waals surface area contributed by atoms with E-state index in [4.69, 9.17) is 4.98 Å². The van der Waals surface area contributed by atoms with Crippen LogP contribution in [-0.2, 0) is 13.0 Å². The number of nitrogens with one attached hydrogen (secondary N) is 1. The fraction of sp³-hybridized carbons (Fsp3) is 0.167. The van der Waals surface area contributed by atoms with Crippen LogP contribution < -0.4 is 0 Å². The summed E-state index contributed by atoms with van der Waals surface area (Å²) in [4.78, 5) is 9.72. The molecule has 0 bridgehead atoms. The van der Waals surface area contributed by atoms with Crippen LogP contribution >= 0.6 is 0 Å². The number of hydrogen-bond acceptors (Lipinski definition) is 5. The molecule has 3 aromatic heterocycles. The van der Waals surface area contributed by atoms with Crippen LogP contribution in [0.5, 0.6) is 0 Å². The maximum atomic E-state index is 5.13. The first-order valence-corrected chi connectivity index (χ1v) is 12.6. The van der Waals surface area contributed by atoms with Gasteiger partial charge in [-0.2, -0.15) is 5.21 Å². The average Bonchev–Trinajstić information content (AvgIpc) is 3.61. The van der Waals surface area contributed by atoms with Crippen molar-refractivity contribution in [3.63, 3.8) is 0 Å². The van der Waals surface area contributed by atoms with Gasteiger partial charge in [-0.1, -0.05) is 92.2 Å². The third kappa shape index (κ3) is 4.51. The van der Waals surface area contributed by atoms with E-state index in [1.165, 1.54) is 5.56 Å². The van der Waals surface area contributed by atoms with E-state index in [1.54, 1.807) is 0 Å². The van der Waals surface area contributed by atoms with Crippen LogP contribution in [-0.4, -0.2) is 35.2 Å². The molecular formula is C30H27N7. The molecule has 0 saturated carbocycles. The number of aromatic amines is 1. The van der Waals surface area contributed by atoms with Crippen LogP contribution in [0.4, 0.5) is 0 Å². The number of pyridine rings is 1. The molecule has 6 rings (SSSR count). The summed E-state index contributed by atoms with van der Waals surface area (Å²) in [6.45, 7) is 2.96. The maximum Gasteiger partial charge on any atom is 0.205 e. The number of aromatic nitrogens is 7. The summed E-state index contributed by atoms with van der Waals surface area (Å²) in [6.07, 6.45) is 7.04. The molecule has 6 aromatic rings. The van der Waals surface area contributed by atoms with Crippen LogP contribution in [0.2, 0.25) is 0 Å². The molecule has 0 aliphatic rings. The zero-order valence-electron chi connectivity index (χ0n) is 20.7. The number of unbranched alkanes of at least 4 members (excludes halogenated alkanes) is 1. The molecule has 0 radical (unpaired) electrons. The van der Waals surface area contributed by atoms with Gasteiger partial charge in [-0.25, -0.2) is 4.98 Å². The molecular weight excluding hydrogens is 458 g/mol. The van der Waals surface area contributed by atoms with Gasteiger partial charge >= 0.3 is 0 Å². The van der Waals surface area contributed by atoms with Gasteiger partial charge in [-0.3, -0.25) is 4.98 Å². The molecule has 0 amide bonds. The minimum absolute atomic E-state index is 0.590. The van der Waals surface area contributed by atoms with Crippen molar-refractivity contribution in [1.29, 1.82) is 0 Å². The highest BCUT2D eigenvalue weighted by Gasteiger charge is 2.16. The normalized spacial score (nSPS) is 11.3. The summed E-state index contributed by atoms with van der Waals surface area (Å²) >= 11 is 0. The number of tetrazole rings is 1. The van der Waals surface area contributed by atoms with E-state index < -0.39 is 0 Å². The van der Waals surface area contributed by atoms with Gasteiger partial charge in [0.25, 0.3) is 0 Å². The quantitative estimate of drug-likeness (QED) is 0.272. The molecule has 0 aliphatic carbocycles. The minimum atomic E-state index is 0.590. The summed E-state index contributed by atoms with van der Waals surface area (Å²) in [6, 6.07) is 27.2. The summed E-state index contributed by atoms with van der Waals surface area (Å²) in [5, 5.41) is 14.6. The Morgan fingerprint density at radius 2 is 1.54 bits per heavy atom. The molecule has 3 aromatic carbocycles. The predicted octanol–water partition coefficient (Wildman–Crippen LogP) is 6.34. The molecule has 37 heavy (non-hydrogen) atoms. The van der Waals surface area contributed by atoms with Gasteiger partial charge in [-0.05, 0) is 33.9 Å². The smallest absolute Gasteiger partial charge is 0.205 e. The third-order valence-electron chi connectivity index (χ3n) is 6.70. The molecule has 3 heterocycles. The fourth-order valence-electron chi connectivity index (χ4n) is 4.80. The first kappa shape index (κ1) is 22.8. The van der Waals surface area contributed by atoms with E-state index in [0.717, 1.165) is 70.5 Å². The van der Waals surface area contributed by atoms with E-state index in [2.05, 4.69) is 91.7 Å². The van der Waals surface area contributed by atoms with E-state index in [-0.39, 0.29) is 0 Å². The molecule has 0 aliphatic heterocycles. The van der Waals surface area contributed by atoms with Gasteiger partial charge in [-0.15, -0.1) is 10.2 Å². The van der Waals surface area contributed by atoms with Crippen LogP contribution in [0.25, 0.3) is 44.7 Å². The van der Waals surface area contributed by atoms with E-state index >= 15 is 0 Å². The number of aryl methyl sites for hydroxylation is 1. The zero-order valence-corrected chi connectivity index (χ0v) is 20.7. The highest BCUT2D eigenvalue weighted by atomic mass is 15.5. The second kappa shape index (κ2) is 10.1. The number of benzene rings is 3. The monoisotopic (exact) mass is 485 g/mol. The molecule has 1 N–H and O–H groups in total. The number of rotatable bonds is 8. The van der Waals surface area contributed by atoms with Crippen molar-refractivity contribution in [3.05, 3.63) is 103 Å². The molecule has 0 spiro atoms. The van der Waals surface area contributed by atoms with Gasteiger partial charge in [0.05, 0.1) is 17.2 Å². The number of fused-ring (bicyclic) bond motifs is 1. The van der Waals surface area contributed by atoms with Gasteiger partial charge < -0.3 is 4.57 Å². The van der Waals surface area contributed by atoms with Gasteiger partial charge in [0.1, 0.15) is 5.82 Å². The summed E-state index contributed by atoms with van der Waals surface area (Å²) < 4.78 is 2.33. The lowest BCUT2D eigenvalue weighted by Crippen LogP contribution is -2.05. The van der Waals surface area contributed by atoms with E-state index in [1.807, 2.05) is 36.7 Å². The number of nitrogens with zero attached hydrogens (tertiary/aromatic N) is 6. The lowest BCUT2D eigenvalue weighted by molar-refractivity contribution is 0.689. The van der Waals surface area contributed by atoms with Crippen molar-refractivity contribution < 1.29 is 0 Å². The molecule has 7 heteroatoms. The fourth-order valence-corrected chi connectivity index (χ4v) is 4.80. The van der Waals surface area contributed by atoms with Gasteiger partial charge in [0, 0.05) is 30.3 Å². The summed E-state index contributed by atoms with van der Waals surface area (Å²) in [5.74, 6) is 1.69. The number of imidazole rings is 1. The van der Waals surface area contributed by atoms with E-state index in [9.17, 15) is 0 Å². The first-order chi connectivity index (χ1) is 18.3. The zero-order chi connectivity index (χ0) is 25.0. The number of H-pyrrole nitrogens is 1. The van der Waals surface area contributed by atoms with Crippen LogP contribution in [0.3, 0.4) is 0 Å². The van der Waals surface area contributed by atoms with Gasteiger partial charge in [0.2, 0.25) is 5.82 Å². The van der Waals surface area contributed by atoms with Crippen molar-refractivity contribution >= 4 is 11.0 Å². The summed E-state index contributed by atoms with van der Waals surface area (Å²) in [5.41, 5.74) is 8.63. The molecule has 182 valence electrons. The molecule has 0 unspecified atom stereocenters. The van der Waals surface area contributed by atoms with Gasteiger partial charge in [0.15, 0.2) is 0 Å². The molecule has 0 atom stereocenters. The largest absolute Gasteiger partial charge is 0.322 e. The van der Waals surface area contributed by atoms with Crippen LogP contribution in [0, 0.1) is 0 Å². The topological polar surface area (TPSA) is 85.2 Å². The Morgan fingerprint density at radius 1 is 0.784 bits per heavy atom. The highest BCUT2D eigenvalue weighted by molar-refractivity contribution is 5.91. The summed E-state index contributed by atoms with van der Waals surface area (Å²) in [7, 11) is 0. The molecule has 7 nitrogen and oxygen atoms in total. The SMILES string of the molecule is CCCCc1nc2c(-c3ccccc3)cncc2n1Cc1ccc(-c2ccccc2-c2nn[nH]n2)cc1. The standard InChI is InChI=1S/C30H27N7/c1-2-3-13-28-32-29-26(22-9-5-4-6-10-22)18-31-19-27(29)37(28)20-21-14-16-23(17-15-21)24-11-7-8-12-25(24)30-33-35-36-34-30/h4-12,14-19H,2-3,13,20H2,1H3,(H,33,34,35,36).